The van der Waals surface area contributed by atoms with Crippen molar-refractivity contribution >= 4 is 26.7 Å². The van der Waals surface area contributed by atoms with E-state index in [0.717, 1.165) is 11.3 Å². The predicted octanol–water partition coefficient (Wildman–Crippen LogP) is 3.19. The second-order valence-corrected chi connectivity index (χ2v) is 8.33. The monoisotopic (exact) mass is 397 g/mol. The molecule has 0 radical (unpaired) electrons. The van der Waals surface area contributed by atoms with E-state index in [2.05, 4.69) is 24.8 Å². The molecule has 0 unspecified atom stereocenters. The molecule has 0 atom stereocenters. The number of nitrogens with one attached hydrogen (secondary N) is 1. The summed E-state index contributed by atoms with van der Waals surface area (Å²) >= 11 is 0. The molecule has 28 heavy (non-hydrogen) atoms. The molecule has 0 aliphatic carbocycles. The normalized spacial score (nSPS) is 11.8. The fourth-order valence-electron chi connectivity index (χ4n) is 3.05. The summed E-state index contributed by atoms with van der Waals surface area (Å²) in [6, 6.07) is 12.9. The number of anilines is 1. The molecule has 1 N–H and O–H groups in total. The Balaban J connectivity index is 1.67. The highest BCUT2D eigenvalue weighted by atomic mass is 32.2. The lowest BCUT2D eigenvalue weighted by Crippen LogP contribution is -2.15. The molecule has 0 spiro atoms. The van der Waals surface area contributed by atoms with Crippen molar-refractivity contribution in [2.45, 2.75) is 32.2 Å². The van der Waals surface area contributed by atoms with E-state index < -0.39 is 10.0 Å². The van der Waals surface area contributed by atoms with Gasteiger partial charge in [-0.25, -0.2) is 13.0 Å². The van der Waals surface area contributed by atoms with Gasteiger partial charge < -0.3 is 0 Å². The van der Waals surface area contributed by atoms with Gasteiger partial charge in [0, 0.05) is 0 Å². The van der Waals surface area contributed by atoms with Gasteiger partial charge in [-0.05, 0) is 48.8 Å². The largest absolute Gasteiger partial charge is 0.276 e. The topological polar surface area (TPSA) is 103 Å². The van der Waals surface area contributed by atoms with Crippen LogP contribution in [-0.4, -0.2) is 28.5 Å². The zero-order valence-corrected chi connectivity index (χ0v) is 16.5. The van der Waals surface area contributed by atoms with Crippen LogP contribution in [0.5, 0.6) is 0 Å². The number of aryl methyl sites for hydroxylation is 2. The number of hydrogen-bond donors (Lipinski definition) is 1. The fourth-order valence-corrected chi connectivity index (χ4v) is 4.38. The first-order chi connectivity index (χ1) is 13.3. The van der Waals surface area contributed by atoms with Crippen LogP contribution in [0.4, 0.5) is 5.69 Å². The summed E-state index contributed by atoms with van der Waals surface area (Å²) < 4.78 is 35.0. The number of sulfonamides is 1. The SMILES string of the molecule is Cc1ccc(Cn2nc(C)c(NS(=O)(=O)c3cccc4nonc34)c2C)cc1. The van der Waals surface area contributed by atoms with Crippen LogP contribution < -0.4 is 4.72 Å². The third kappa shape index (κ3) is 3.24. The predicted molar refractivity (Wildman–Crippen MR) is 105 cm³/mol. The summed E-state index contributed by atoms with van der Waals surface area (Å²) in [5, 5.41) is 11.9. The molecule has 0 saturated carbocycles. The van der Waals surface area contributed by atoms with Gasteiger partial charge in [-0.15, -0.1) is 0 Å². The molecule has 2 aromatic carbocycles. The lowest BCUT2D eigenvalue weighted by atomic mass is 10.1. The van der Waals surface area contributed by atoms with Crippen LogP contribution >= 0.6 is 0 Å². The number of nitrogens with zero attached hydrogens (tertiary/aromatic N) is 4. The molecule has 0 bridgehead atoms. The highest BCUT2D eigenvalue weighted by Gasteiger charge is 2.23. The van der Waals surface area contributed by atoms with Crippen molar-refractivity contribution in [1.82, 2.24) is 20.1 Å². The van der Waals surface area contributed by atoms with E-state index >= 15 is 0 Å². The van der Waals surface area contributed by atoms with E-state index in [1.165, 1.54) is 11.6 Å². The van der Waals surface area contributed by atoms with Crippen molar-refractivity contribution in [3.63, 3.8) is 0 Å². The fraction of sp³-hybridized carbons (Fsp3) is 0.211. The lowest BCUT2D eigenvalue weighted by Gasteiger charge is -2.09. The Morgan fingerprint density at radius 3 is 2.54 bits per heavy atom. The van der Waals surface area contributed by atoms with Gasteiger partial charge in [0.05, 0.1) is 23.6 Å². The molecule has 9 heteroatoms. The van der Waals surface area contributed by atoms with Gasteiger partial charge in [0.2, 0.25) is 0 Å². The van der Waals surface area contributed by atoms with Crippen LogP contribution in [0.3, 0.4) is 0 Å². The van der Waals surface area contributed by atoms with Crippen LogP contribution in [-0.2, 0) is 16.6 Å². The van der Waals surface area contributed by atoms with Crippen LogP contribution in [0.15, 0.2) is 52.0 Å². The third-order valence-electron chi connectivity index (χ3n) is 4.61. The van der Waals surface area contributed by atoms with Crippen LogP contribution in [0, 0.1) is 20.8 Å². The Hall–Kier alpha value is -3.20. The number of fused-ring (bicyclic) bond motifs is 1. The number of hydrogen-bond acceptors (Lipinski definition) is 6. The maximum atomic E-state index is 13.0. The van der Waals surface area contributed by atoms with Crippen LogP contribution in [0.1, 0.15) is 22.5 Å². The summed E-state index contributed by atoms with van der Waals surface area (Å²) in [7, 11) is -3.89. The number of benzene rings is 2. The van der Waals surface area contributed by atoms with Crippen molar-refractivity contribution < 1.29 is 13.0 Å². The highest BCUT2D eigenvalue weighted by Crippen LogP contribution is 2.26. The van der Waals surface area contributed by atoms with Gasteiger partial charge in [-0.2, -0.15) is 5.10 Å². The maximum absolute atomic E-state index is 13.0. The summed E-state index contributed by atoms with van der Waals surface area (Å²) in [4.78, 5) is 0.0105. The molecule has 0 saturated heterocycles. The molecule has 2 heterocycles. The van der Waals surface area contributed by atoms with E-state index in [4.69, 9.17) is 0 Å². The van der Waals surface area contributed by atoms with Crippen molar-refractivity contribution in [2.24, 2.45) is 0 Å². The Morgan fingerprint density at radius 2 is 1.79 bits per heavy atom. The highest BCUT2D eigenvalue weighted by molar-refractivity contribution is 7.93. The Morgan fingerprint density at radius 1 is 1.04 bits per heavy atom. The second-order valence-electron chi connectivity index (χ2n) is 6.68. The summed E-state index contributed by atoms with van der Waals surface area (Å²) in [5.41, 5.74) is 4.63. The molecule has 0 amide bonds. The summed E-state index contributed by atoms with van der Waals surface area (Å²) in [5.74, 6) is 0. The molecule has 8 nitrogen and oxygen atoms in total. The Kier molecular flexibility index (Phi) is 4.38. The van der Waals surface area contributed by atoms with Crippen LogP contribution in [0.2, 0.25) is 0 Å². The van der Waals surface area contributed by atoms with E-state index in [0.29, 0.717) is 23.4 Å². The molecule has 4 aromatic rings. The van der Waals surface area contributed by atoms with Gasteiger partial charge in [-0.1, -0.05) is 35.9 Å². The average molecular weight is 397 g/mol. The van der Waals surface area contributed by atoms with Gasteiger partial charge in [0.1, 0.15) is 10.4 Å². The molecule has 0 fully saturated rings. The maximum Gasteiger partial charge on any atom is 0.264 e. The molecule has 2 aromatic heterocycles. The minimum atomic E-state index is -3.89. The zero-order chi connectivity index (χ0) is 19.9. The minimum absolute atomic E-state index is 0.0105. The molecular weight excluding hydrogens is 378 g/mol. The average Bonchev–Trinajstić information content (AvgIpc) is 3.24. The zero-order valence-electron chi connectivity index (χ0n) is 15.7. The smallest absolute Gasteiger partial charge is 0.264 e. The molecule has 144 valence electrons. The quantitative estimate of drug-likeness (QED) is 0.555. The van der Waals surface area contributed by atoms with Crippen molar-refractivity contribution in [2.75, 3.05) is 4.72 Å². The van der Waals surface area contributed by atoms with Crippen molar-refractivity contribution in [1.29, 1.82) is 0 Å². The number of rotatable bonds is 5. The van der Waals surface area contributed by atoms with E-state index in [-0.39, 0.29) is 10.4 Å². The Labute approximate surface area is 162 Å². The first-order valence-electron chi connectivity index (χ1n) is 8.69. The van der Waals surface area contributed by atoms with Crippen molar-refractivity contribution in [3.8, 4) is 0 Å². The van der Waals surface area contributed by atoms with E-state index in [1.54, 1.807) is 23.7 Å². The van der Waals surface area contributed by atoms with Gasteiger partial charge in [0.25, 0.3) is 10.0 Å². The van der Waals surface area contributed by atoms with E-state index in [1.807, 2.05) is 38.1 Å². The van der Waals surface area contributed by atoms with Gasteiger partial charge in [-0.3, -0.25) is 9.40 Å². The molecule has 0 aliphatic rings. The summed E-state index contributed by atoms with van der Waals surface area (Å²) in [6.45, 7) is 6.20. The van der Waals surface area contributed by atoms with Gasteiger partial charge in [0.15, 0.2) is 5.52 Å². The Bertz CT molecular complexity index is 1260. The second kappa shape index (κ2) is 6.75. The van der Waals surface area contributed by atoms with Gasteiger partial charge >= 0.3 is 0 Å². The minimum Gasteiger partial charge on any atom is -0.276 e. The third-order valence-corrected chi connectivity index (χ3v) is 5.99. The molecule has 4 rings (SSSR count). The first-order valence-corrected chi connectivity index (χ1v) is 10.2. The molecular formula is C19H19N5O3S. The lowest BCUT2D eigenvalue weighted by molar-refractivity contribution is 0.315. The molecule has 0 aliphatic heterocycles. The van der Waals surface area contributed by atoms with E-state index in [9.17, 15) is 8.42 Å². The summed E-state index contributed by atoms with van der Waals surface area (Å²) in [6.07, 6.45) is 0. The number of aromatic nitrogens is 4. The van der Waals surface area contributed by atoms with Crippen molar-refractivity contribution in [3.05, 3.63) is 65.0 Å². The first kappa shape index (κ1) is 18.2. The standard InChI is InChI=1S/C19H19N5O3S/c1-12-7-9-15(10-8-12)11-24-14(3)18(13(2)20-24)23-28(25,26)17-6-4-5-16-19(17)22-27-21-16/h4-10,23H,11H2,1-3H3. The van der Waals surface area contributed by atoms with Crippen LogP contribution in [0.25, 0.3) is 11.0 Å².